The quantitative estimate of drug-likeness (QED) is 0.746. The summed E-state index contributed by atoms with van der Waals surface area (Å²) < 4.78 is 39.2. The van der Waals surface area contributed by atoms with E-state index in [1.54, 1.807) is 0 Å². The number of carbonyl (C=O) groups is 1. The maximum absolute atomic E-state index is 14.7. The van der Waals surface area contributed by atoms with Crippen LogP contribution in [-0.4, -0.2) is 43.4 Å². The summed E-state index contributed by atoms with van der Waals surface area (Å²) in [5.74, 6) is -1.27. The average molecular weight is 415 g/mol. The van der Waals surface area contributed by atoms with Crippen molar-refractivity contribution in [3.63, 3.8) is 0 Å². The number of aliphatic imine (C=N–C) groups is 1. The van der Waals surface area contributed by atoms with Gasteiger partial charge in [0.05, 0.1) is 12.2 Å². The fourth-order valence-electron chi connectivity index (χ4n) is 3.23. The molecule has 0 bridgehead atoms. The van der Waals surface area contributed by atoms with E-state index in [2.05, 4.69) is 15.3 Å². The number of amides is 1. The Morgan fingerprint density at radius 1 is 1.47 bits per heavy atom. The van der Waals surface area contributed by atoms with Crippen LogP contribution in [0.3, 0.4) is 0 Å². The number of aromatic nitrogens is 1. The summed E-state index contributed by atoms with van der Waals surface area (Å²) in [6.07, 6.45) is 0.658. The van der Waals surface area contributed by atoms with Crippen molar-refractivity contribution in [3.8, 4) is 6.07 Å². The highest BCUT2D eigenvalue weighted by molar-refractivity contribution is 6.02. The van der Waals surface area contributed by atoms with Crippen molar-refractivity contribution in [3.05, 3.63) is 59.2 Å². The molecule has 0 saturated heterocycles. The summed E-state index contributed by atoms with van der Waals surface area (Å²) in [4.78, 5) is 20.4. The van der Waals surface area contributed by atoms with Crippen molar-refractivity contribution in [2.75, 3.05) is 25.7 Å². The molecule has 8 nitrogen and oxygen atoms in total. The van der Waals surface area contributed by atoms with Gasteiger partial charge in [0, 0.05) is 31.0 Å². The first-order valence-corrected chi connectivity index (χ1v) is 8.95. The molecule has 3 rings (SSSR count). The predicted octanol–water partition coefficient (Wildman–Crippen LogP) is 2.26. The van der Waals surface area contributed by atoms with Crippen LogP contribution in [0.4, 0.5) is 14.5 Å². The van der Waals surface area contributed by atoms with E-state index >= 15 is 0 Å². The Hall–Kier alpha value is -3.58. The molecule has 30 heavy (non-hydrogen) atoms. The van der Waals surface area contributed by atoms with Crippen LogP contribution in [0.5, 0.6) is 0 Å². The molecule has 10 heteroatoms. The lowest BCUT2D eigenvalue weighted by atomic mass is 9.84. The number of nitrogens with one attached hydrogen (secondary N) is 1. The number of rotatable bonds is 6. The van der Waals surface area contributed by atoms with E-state index < -0.39 is 30.0 Å². The summed E-state index contributed by atoms with van der Waals surface area (Å²) in [5, 5.41) is 11.4. The van der Waals surface area contributed by atoms with Gasteiger partial charge in [-0.2, -0.15) is 5.26 Å². The van der Waals surface area contributed by atoms with E-state index in [1.807, 2.05) is 6.07 Å². The number of pyridine rings is 1. The maximum atomic E-state index is 14.7. The molecule has 0 saturated carbocycles. The van der Waals surface area contributed by atoms with Crippen molar-refractivity contribution in [2.24, 2.45) is 10.7 Å². The molecule has 2 heterocycles. The van der Waals surface area contributed by atoms with Crippen LogP contribution in [0.2, 0.25) is 0 Å². The highest BCUT2D eigenvalue weighted by atomic mass is 19.1. The highest BCUT2D eigenvalue weighted by Crippen LogP contribution is 2.38. The Bertz CT molecular complexity index is 1010. The minimum absolute atomic E-state index is 0.00351. The number of carbonyl (C=O) groups excluding carboxylic acids is 1. The average Bonchev–Trinajstić information content (AvgIpc) is 2.74. The monoisotopic (exact) mass is 415 g/mol. The normalized spacial score (nSPS) is 20.6. The van der Waals surface area contributed by atoms with Gasteiger partial charge in [-0.3, -0.25) is 4.79 Å². The first kappa shape index (κ1) is 21.1. The van der Waals surface area contributed by atoms with Gasteiger partial charge in [0.2, 0.25) is 0 Å². The Morgan fingerprint density at radius 3 is 2.90 bits per heavy atom. The molecule has 2 aromatic rings. The van der Waals surface area contributed by atoms with Crippen molar-refractivity contribution >= 4 is 17.6 Å². The zero-order valence-corrected chi connectivity index (χ0v) is 16.1. The smallest absolute Gasteiger partial charge is 0.283 e. The zero-order valence-electron chi connectivity index (χ0n) is 16.1. The molecular formula is C20H19F2N5O3. The number of alkyl halides is 1. The molecule has 2 atom stereocenters. The second-order valence-corrected chi connectivity index (χ2v) is 6.71. The Morgan fingerprint density at radius 2 is 2.27 bits per heavy atom. The van der Waals surface area contributed by atoms with Gasteiger partial charge in [0.15, 0.2) is 0 Å². The summed E-state index contributed by atoms with van der Waals surface area (Å²) in [6.45, 7) is -0.900. The van der Waals surface area contributed by atoms with E-state index in [0.29, 0.717) is 5.56 Å². The third-order valence-electron chi connectivity index (χ3n) is 4.60. The summed E-state index contributed by atoms with van der Waals surface area (Å²) in [7, 11) is 1.45. The first-order chi connectivity index (χ1) is 14.4. The zero-order chi connectivity index (χ0) is 21.7. The third kappa shape index (κ3) is 4.36. The number of benzene rings is 1. The van der Waals surface area contributed by atoms with Gasteiger partial charge in [-0.05, 0) is 30.3 Å². The number of nitrogens with zero attached hydrogens (tertiary/aromatic N) is 3. The number of amidine groups is 1. The molecule has 1 aliphatic heterocycles. The molecule has 1 aliphatic rings. The van der Waals surface area contributed by atoms with E-state index in [0.717, 1.165) is 6.07 Å². The van der Waals surface area contributed by atoms with Gasteiger partial charge < -0.3 is 20.5 Å². The largest absolute Gasteiger partial charge is 0.460 e. The van der Waals surface area contributed by atoms with Gasteiger partial charge in [-0.1, -0.05) is 0 Å². The molecule has 156 valence electrons. The summed E-state index contributed by atoms with van der Waals surface area (Å²) in [6, 6.07) is 8.24. The molecule has 0 radical (unpaired) electrons. The van der Waals surface area contributed by atoms with Crippen LogP contribution in [0.1, 0.15) is 28.0 Å². The predicted molar refractivity (Wildman–Crippen MR) is 104 cm³/mol. The Balaban J connectivity index is 1.91. The van der Waals surface area contributed by atoms with Crippen LogP contribution < -0.4 is 11.1 Å². The lowest BCUT2D eigenvalue weighted by Gasteiger charge is -2.35. The first-order valence-electron chi connectivity index (χ1n) is 8.95. The number of anilines is 1. The van der Waals surface area contributed by atoms with Gasteiger partial charge in [0.1, 0.15) is 35.9 Å². The fraction of sp³-hybridized carbons (Fsp3) is 0.300. The number of halogens is 2. The summed E-state index contributed by atoms with van der Waals surface area (Å²) >= 11 is 0. The number of hydrogen-bond acceptors (Lipinski definition) is 7. The molecule has 1 aromatic heterocycles. The van der Waals surface area contributed by atoms with Crippen molar-refractivity contribution in [2.45, 2.75) is 18.1 Å². The lowest BCUT2D eigenvalue weighted by molar-refractivity contribution is 0.0307. The molecule has 1 aromatic carbocycles. The number of hydrogen-bond donors (Lipinski definition) is 2. The van der Waals surface area contributed by atoms with E-state index in [1.165, 1.54) is 37.6 Å². The Labute approximate surface area is 171 Å². The molecular weight excluding hydrogens is 396 g/mol. The Kier molecular flexibility index (Phi) is 6.23. The number of ether oxygens (including phenoxy) is 2. The second-order valence-electron chi connectivity index (χ2n) is 6.71. The molecule has 0 fully saturated rings. The van der Waals surface area contributed by atoms with Crippen LogP contribution in [0.25, 0.3) is 0 Å². The standard InChI is InChI=1S/C20H19F2N5O3/c1-29-10-14-7-20(11-21,27-19(24)30-14)15-6-13(3-4-16(15)22)26-18(28)17-5-2-12(8-23)9-25-17/h2-6,9,14H,7,10-11H2,1H3,(H2,24,27)(H,26,28)/t14-,20+/m0/s1. The van der Waals surface area contributed by atoms with Crippen molar-refractivity contribution in [1.29, 1.82) is 5.26 Å². The van der Waals surface area contributed by atoms with Crippen LogP contribution in [0, 0.1) is 17.1 Å². The molecule has 0 unspecified atom stereocenters. The minimum Gasteiger partial charge on any atom is -0.460 e. The number of nitriles is 1. The number of nitrogens with two attached hydrogens (primary N) is 1. The van der Waals surface area contributed by atoms with Crippen molar-refractivity contribution in [1.82, 2.24) is 4.98 Å². The molecule has 0 aliphatic carbocycles. The maximum Gasteiger partial charge on any atom is 0.283 e. The van der Waals surface area contributed by atoms with Gasteiger partial charge in [-0.25, -0.2) is 18.8 Å². The lowest BCUT2D eigenvalue weighted by Crippen LogP contribution is -2.44. The fourth-order valence-corrected chi connectivity index (χ4v) is 3.23. The van der Waals surface area contributed by atoms with E-state index in [-0.39, 0.29) is 36.0 Å². The van der Waals surface area contributed by atoms with Crippen LogP contribution >= 0.6 is 0 Å². The SMILES string of the molecule is COC[C@@H]1C[C@@](CF)(c2cc(NC(=O)c3ccc(C#N)cn3)ccc2F)N=C(N)O1. The topological polar surface area (TPSA) is 123 Å². The van der Waals surface area contributed by atoms with Gasteiger partial charge >= 0.3 is 0 Å². The van der Waals surface area contributed by atoms with Crippen molar-refractivity contribution < 1.29 is 23.0 Å². The molecule has 1 amide bonds. The third-order valence-corrected chi connectivity index (χ3v) is 4.60. The number of methoxy groups -OCH3 is 1. The van der Waals surface area contributed by atoms with Gasteiger partial charge in [0.25, 0.3) is 11.9 Å². The second kappa shape index (κ2) is 8.84. The van der Waals surface area contributed by atoms with Crippen LogP contribution in [0.15, 0.2) is 41.5 Å². The minimum atomic E-state index is -1.61. The van der Waals surface area contributed by atoms with E-state index in [4.69, 9.17) is 20.5 Å². The van der Waals surface area contributed by atoms with E-state index in [9.17, 15) is 13.6 Å². The molecule has 0 spiro atoms. The van der Waals surface area contributed by atoms with Crippen LogP contribution in [-0.2, 0) is 15.0 Å². The highest BCUT2D eigenvalue weighted by Gasteiger charge is 2.42. The van der Waals surface area contributed by atoms with Gasteiger partial charge in [-0.15, -0.1) is 0 Å². The molecule has 3 N–H and O–H groups in total. The summed E-state index contributed by atoms with van der Waals surface area (Å²) in [5.41, 5.74) is 4.61.